The Hall–Kier alpha value is 0.436. The smallest absolute Gasteiger partial charge is 1.00 e. The van der Waals surface area contributed by atoms with Crippen LogP contribution in [0.3, 0.4) is 0 Å². The number of carbonyl (C=O) groups is 2. The first kappa shape index (κ1) is 12.1. The maximum absolute atomic E-state index is 10.5. The van der Waals surface area contributed by atoms with E-state index in [9.17, 15) is 18.6 Å². The summed E-state index contributed by atoms with van der Waals surface area (Å²) in [5, 5.41) is 0. The fourth-order valence-electron chi connectivity index (χ4n) is 0.0630. The molecule has 0 fully saturated rings. The van der Waals surface area contributed by atoms with E-state index in [2.05, 4.69) is 9.88 Å². The van der Waals surface area contributed by atoms with Crippen LogP contribution in [0.1, 0.15) is 1.43 Å². The predicted molar refractivity (Wildman–Crippen MR) is 15.5 cm³/mol. The molecule has 0 bridgehead atoms. The summed E-state index contributed by atoms with van der Waals surface area (Å²) in [6, 6.07) is 0. The Labute approximate surface area is 92.2 Å². The van der Waals surface area contributed by atoms with Gasteiger partial charge in [0.05, 0.1) is 0 Å². The van der Waals surface area contributed by atoms with Crippen LogP contribution in [0, 0.1) is 0 Å². The minimum absolute atomic E-state index is 0. The van der Waals surface area contributed by atoms with E-state index in [1.807, 2.05) is 0 Å². The van der Waals surface area contributed by atoms with Crippen molar-refractivity contribution in [3.05, 3.63) is 0 Å². The molecule has 0 saturated heterocycles. The molecule has 0 aliphatic heterocycles. The van der Waals surface area contributed by atoms with Crippen molar-refractivity contribution >= 4 is 11.9 Å². The van der Waals surface area contributed by atoms with Gasteiger partial charge in [0.2, 0.25) is 0 Å². The van der Waals surface area contributed by atoms with Crippen LogP contribution in [0.2, 0.25) is 0 Å². The molecule has 0 heterocycles. The van der Waals surface area contributed by atoms with Gasteiger partial charge in [-0.1, -0.05) is 0 Å². The summed E-state index contributed by atoms with van der Waals surface area (Å²) in [5.74, 6) is -4.04. The van der Waals surface area contributed by atoms with Crippen molar-refractivity contribution in [2.45, 2.75) is 0 Å². The molecule has 0 aromatic rings. The minimum atomic E-state index is -2.02. The molecule has 9 heavy (non-hydrogen) atoms. The summed E-state index contributed by atoms with van der Waals surface area (Å²) >= 11 is 0. The second-order valence-corrected chi connectivity index (χ2v) is 0.729. The van der Waals surface area contributed by atoms with Gasteiger partial charge in [0.1, 0.15) is 0 Å². The first-order valence-electron chi connectivity index (χ1n) is 1.38. The Balaban J connectivity index is -0.000000245. The van der Waals surface area contributed by atoms with Gasteiger partial charge in [-0.15, -0.1) is 0 Å². The predicted octanol–water partition coefficient (Wildman–Crippen LogP) is -3.04. The van der Waals surface area contributed by atoms with Crippen LogP contribution in [0.15, 0.2) is 0 Å². The Morgan fingerprint density at radius 3 is 1.44 bits per heavy atom. The first-order valence-corrected chi connectivity index (χ1v) is 1.38. The normalized spacial score (nSPS) is 6.89. The van der Waals surface area contributed by atoms with E-state index in [0.29, 0.717) is 0 Å². The van der Waals surface area contributed by atoms with Gasteiger partial charge in [0, 0.05) is 9.05 Å². The molecule has 7 heteroatoms. The van der Waals surface area contributed by atoms with Crippen molar-refractivity contribution in [2.24, 2.45) is 0 Å². The van der Waals surface area contributed by atoms with Crippen molar-refractivity contribution < 1.29 is 81.3 Å². The molecule has 0 atom stereocenters. The summed E-state index contributed by atoms with van der Waals surface area (Å²) in [7, 11) is 0. The zero-order valence-corrected chi connectivity index (χ0v) is 7.51. The molecule has 4 nitrogen and oxygen atoms in total. The minimum Gasteiger partial charge on any atom is -1.00 e. The van der Waals surface area contributed by atoms with Crippen LogP contribution >= 0.6 is 0 Å². The summed E-state index contributed by atoms with van der Waals surface area (Å²) in [6.07, 6.45) is 0. The fraction of sp³-hybridized carbons (Fsp3) is 0. The van der Waals surface area contributed by atoms with Gasteiger partial charge in [0.15, 0.2) is 0 Å². The molecule has 0 amide bonds. The Morgan fingerprint density at radius 2 is 1.33 bits per heavy atom. The van der Waals surface area contributed by atoms with Gasteiger partial charge < -0.3 is 1.43 Å². The molecule has 0 aromatic heterocycles. The second kappa shape index (κ2) is 6.55. The maximum atomic E-state index is 10.5. The van der Waals surface area contributed by atoms with E-state index >= 15 is 0 Å². The average Bonchev–Trinajstić information content (AvgIpc) is 1.84. The second-order valence-electron chi connectivity index (χ2n) is 0.729. The van der Waals surface area contributed by atoms with Crippen molar-refractivity contribution in [1.82, 2.24) is 0 Å². The van der Waals surface area contributed by atoms with E-state index in [0.717, 1.165) is 0 Å². The average molecular weight is 166 g/mol. The molecule has 0 N–H and O–H groups in total. The molecule has 0 aromatic carbocycles. The van der Waals surface area contributed by atoms with E-state index in [4.69, 9.17) is 0 Å². The molecule has 0 radical (unpaired) electrons. The Kier molecular flexibility index (Phi) is 8.85. The molecule has 0 spiro atoms. The van der Waals surface area contributed by atoms with E-state index in [-0.39, 0.29) is 52.8 Å². The van der Waals surface area contributed by atoms with E-state index in [1.165, 1.54) is 0 Å². The topological polar surface area (TPSA) is 52.6 Å². The third-order valence-corrected chi connectivity index (χ3v) is 0.307. The van der Waals surface area contributed by atoms with Crippen LogP contribution in [-0.2, 0) is 19.5 Å². The Morgan fingerprint density at radius 1 is 1.11 bits per heavy atom. The molecule has 48 valence electrons. The van der Waals surface area contributed by atoms with Crippen molar-refractivity contribution in [1.29, 1.82) is 0 Å². The number of carbonyl (C=O) groups excluding carboxylic acids is 2. The van der Waals surface area contributed by atoms with Gasteiger partial charge in [-0.05, 0) is 0 Å². The standard InChI is InChI=1S/C2F2O4.K.H/c3-7-1(5)2(6)8-4;;/q;+1;-1. The fourth-order valence-corrected chi connectivity index (χ4v) is 0.0630. The molecule has 0 saturated carbocycles. The number of hydrogen-bond acceptors (Lipinski definition) is 4. The van der Waals surface area contributed by atoms with Gasteiger partial charge in [-0.2, -0.15) is 0 Å². The summed E-state index contributed by atoms with van der Waals surface area (Å²) in [5.41, 5.74) is 0. The first-order chi connectivity index (χ1) is 3.72. The quantitative estimate of drug-likeness (QED) is 0.283. The number of hydrogen-bond donors (Lipinski definition) is 0. The molecule has 0 rings (SSSR count). The number of halogens is 2. The van der Waals surface area contributed by atoms with Gasteiger partial charge in [-0.25, -0.2) is 19.5 Å². The SMILES string of the molecule is O=C(OF)C(=O)OF.[H-].[K+]. The van der Waals surface area contributed by atoms with Crippen LogP contribution in [0.25, 0.3) is 0 Å². The van der Waals surface area contributed by atoms with Crippen LogP contribution in [-0.4, -0.2) is 11.9 Å². The van der Waals surface area contributed by atoms with Crippen molar-refractivity contribution in [2.75, 3.05) is 0 Å². The summed E-state index contributed by atoms with van der Waals surface area (Å²) in [4.78, 5) is 23.4. The summed E-state index contributed by atoms with van der Waals surface area (Å²) in [6.45, 7) is 0. The molecular weight excluding hydrogens is 165 g/mol. The maximum Gasteiger partial charge on any atom is 1.00 e. The van der Waals surface area contributed by atoms with Crippen molar-refractivity contribution in [3.8, 4) is 0 Å². The van der Waals surface area contributed by atoms with Gasteiger partial charge in [0.25, 0.3) is 0 Å². The van der Waals surface area contributed by atoms with Gasteiger partial charge >= 0.3 is 63.3 Å². The summed E-state index contributed by atoms with van der Waals surface area (Å²) < 4.78 is 21.0. The molecule has 0 unspecified atom stereocenters. The van der Waals surface area contributed by atoms with Crippen LogP contribution < -0.4 is 51.4 Å². The monoisotopic (exact) mass is 166 g/mol. The van der Waals surface area contributed by atoms with Crippen molar-refractivity contribution in [3.63, 3.8) is 0 Å². The molecule has 0 aliphatic rings. The van der Waals surface area contributed by atoms with Gasteiger partial charge in [-0.3, -0.25) is 0 Å². The third kappa shape index (κ3) is 4.91. The third-order valence-electron chi connectivity index (χ3n) is 0.307. The van der Waals surface area contributed by atoms with Crippen LogP contribution in [0.5, 0.6) is 0 Å². The zero-order chi connectivity index (χ0) is 6.57. The number of rotatable bonds is 0. The largest absolute Gasteiger partial charge is 1.00 e. The molecule has 0 aliphatic carbocycles. The van der Waals surface area contributed by atoms with E-state index < -0.39 is 11.9 Å². The molecular formula is C2HF2KO4. The van der Waals surface area contributed by atoms with Crippen LogP contribution in [0.4, 0.5) is 9.05 Å². The van der Waals surface area contributed by atoms with E-state index in [1.54, 1.807) is 0 Å². The Bertz CT molecular complexity index is 106. The zero-order valence-electron chi connectivity index (χ0n) is 5.39.